The highest BCUT2D eigenvalue weighted by Gasteiger charge is 2.37. The van der Waals surface area contributed by atoms with Gasteiger partial charge in [0.25, 0.3) is 0 Å². The molecule has 0 aromatic carbocycles. The van der Waals surface area contributed by atoms with Crippen molar-refractivity contribution in [3.8, 4) is 0 Å². The van der Waals surface area contributed by atoms with Crippen molar-refractivity contribution in [1.82, 2.24) is 10.2 Å². The Hall–Kier alpha value is -1.24. The van der Waals surface area contributed by atoms with Crippen molar-refractivity contribution < 1.29 is 19.5 Å². The quantitative estimate of drug-likeness (QED) is 0.585. The molecule has 6 nitrogen and oxygen atoms in total. The molecule has 2 N–H and O–H groups in total. The van der Waals surface area contributed by atoms with Crippen LogP contribution in [0, 0.1) is 11.8 Å². The van der Waals surface area contributed by atoms with Gasteiger partial charge in [0.2, 0.25) is 11.8 Å². The van der Waals surface area contributed by atoms with Gasteiger partial charge in [-0.25, -0.2) is 0 Å². The summed E-state index contributed by atoms with van der Waals surface area (Å²) in [6, 6.07) is -0.483. The van der Waals surface area contributed by atoms with Crippen LogP contribution in [0.2, 0.25) is 0 Å². The maximum Gasteiger partial charge on any atom is 0.304 e. The second kappa shape index (κ2) is 10.6. The Bertz CT molecular complexity index is 442. The number of carboxylic acids is 1. The van der Waals surface area contributed by atoms with Crippen molar-refractivity contribution >= 4 is 29.5 Å². The lowest BCUT2D eigenvalue weighted by atomic mass is 9.96. The van der Waals surface area contributed by atoms with E-state index in [2.05, 4.69) is 12.2 Å². The molecular formula is C17H30N2O4S. The number of amides is 2. The van der Waals surface area contributed by atoms with Crippen molar-refractivity contribution in [2.24, 2.45) is 11.8 Å². The molecule has 0 saturated carbocycles. The molecule has 2 amide bonds. The molecule has 1 rings (SSSR count). The molecule has 0 aliphatic carbocycles. The van der Waals surface area contributed by atoms with E-state index in [-0.39, 0.29) is 18.2 Å². The number of thioether (sulfide) groups is 1. The maximum absolute atomic E-state index is 12.8. The second-order valence-corrected chi connectivity index (χ2v) is 7.75. The fourth-order valence-electron chi connectivity index (χ4n) is 2.70. The van der Waals surface area contributed by atoms with Gasteiger partial charge in [0.05, 0.1) is 12.3 Å². The van der Waals surface area contributed by atoms with Gasteiger partial charge in [-0.1, -0.05) is 40.0 Å². The van der Waals surface area contributed by atoms with Gasteiger partial charge in [-0.2, -0.15) is 0 Å². The highest BCUT2D eigenvalue weighted by molar-refractivity contribution is 7.99. The van der Waals surface area contributed by atoms with Gasteiger partial charge >= 0.3 is 5.97 Å². The Morgan fingerprint density at radius 3 is 2.58 bits per heavy atom. The van der Waals surface area contributed by atoms with E-state index in [1.165, 1.54) is 0 Å². The Morgan fingerprint density at radius 2 is 2.00 bits per heavy atom. The van der Waals surface area contributed by atoms with Crippen LogP contribution in [0.4, 0.5) is 0 Å². The number of hydrogen-bond acceptors (Lipinski definition) is 4. The third-order valence-corrected chi connectivity index (χ3v) is 5.09. The number of carbonyl (C=O) groups excluding carboxylic acids is 2. The first kappa shape index (κ1) is 20.8. The smallest absolute Gasteiger partial charge is 0.304 e. The number of nitrogens with one attached hydrogen (secondary N) is 1. The van der Waals surface area contributed by atoms with Crippen LogP contribution >= 0.6 is 11.8 Å². The minimum absolute atomic E-state index is 0.135. The summed E-state index contributed by atoms with van der Waals surface area (Å²) in [6.45, 7) is 6.68. The van der Waals surface area contributed by atoms with E-state index in [1.807, 2.05) is 13.8 Å². The molecule has 138 valence electrons. The number of rotatable bonds is 10. The normalized spacial score (nSPS) is 18.7. The summed E-state index contributed by atoms with van der Waals surface area (Å²) in [5.41, 5.74) is 0. The van der Waals surface area contributed by atoms with E-state index in [0.29, 0.717) is 30.5 Å². The first-order chi connectivity index (χ1) is 11.4. The number of hydrogen-bond donors (Lipinski definition) is 2. The number of unbranched alkanes of at least 4 members (excludes halogenated alkanes) is 2. The van der Waals surface area contributed by atoms with Gasteiger partial charge in [-0.15, -0.1) is 11.8 Å². The van der Waals surface area contributed by atoms with E-state index >= 15 is 0 Å². The summed E-state index contributed by atoms with van der Waals surface area (Å²) in [7, 11) is 0. The summed E-state index contributed by atoms with van der Waals surface area (Å²) < 4.78 is 0. The van der Waals surface area contributed by atoms with Crippen molar-refractivity contribution in [1.29, 1.82) is 0 Å². The Labute approximate surface area is 148 Å². The second-order valence-electron chi connectivity index (χ2n) is 6.75. The monoisotopic (exact) mass is 358 g/mol. The highest BCUT2D eigenvalue weighted by Crippen LogP contribution is 2.26. The van der Waals surface area contributed by atoms with Crippen LogP contribution in [-0.2, 0) is 14.4 Å². The van der Waals surface area contributed by atoms with E-state index in [9.17, 15) is 14.4 Å². The predicted octanol–water partition coefficient (Wildman–Crippen LogP) is 2.33. The number of carbonyl (C=O) groups is 3. The molecule has 2 unspecified atom stereocenters. The van der Waals surface area contributed by atoms with Crippen LogP contribution < -0.4 is 5.32 Å². The predicted molar refractivity (Wildman–Crippen MR) is 95.7 cm³/mol. The first-order valence-corrected chi connectivity index (χ1v) is 9.90. The molecule has 7 heteroatoms. The average molecular weight is 359 g/mol. The molecule has 1 heterocycles. The summed E-state index contributed by atoms with van der Waals surface area (Å²) in [4.78, 5) is 37.8. The maximum atomic E-state index is 12.8. The van der Waals surface area contributed by atoms with Gasteiger partial charge < -0.3 is 15.3 Å². The summed E-state index contributed by atoms with van der Waals surface area (Å²) >= 11 is 1.54. The van der Waals surface area contributed by atoms with Crippen LogP contribution in [0.3, 0.4) is 0 Å². The molecule has 0 radical (unpaired) electrons. The zero-order valence-corrected chi connectivity index (χ0v) is 15.7. The molecule has 1 aliphatic heterocycles. The van der Waals surface area contributed by atoms with E-state index in [1.54, 1.807) is 16.7 Å². The standard InChI is InChI=1S/C17H30N2O4S/c1-4-5-6-7-13(8-15(20)21)17(23)19-11-24-10-14(19)16(22)18-9-12(2)3/h12-14H,4-11H2,1-3H3,(H,18,22)(H,20,21). The third kappa shape index (κ3) is 6.71. The highest BCUT2D eigenvalue weighted by atomic mass is 32.2. The zero-order chi connectivity index (χ0) is 18.1. The number of carboxylic acid groups (broad SMARTS) is 1. The van der Waals surface area contributed by atoms with Crippen LogP contribution in [-0.4, -0.2) is 52.0 Å². The molecule has 2 atom stereocenters. The van der Waals surface area contributed by atoms with Crippen LogP contribution in [0.5, 0.6) is 0 Å². The molecule has 1 aliphatic rings. The van der Waals surface area contributed by atoms with Crippen molar-refractivity contribution in [3.63, 3.8) is 0 Å². The first-order valence-electron chi connectivity index (χ1n) is 8.74. The van der Waals surface area contributed by atoms with Crippen LogP contribution in [0.25, 0.3) is 0 Å². The van der Waals surface area contributed by atoms with Crippen LogP contribution in [0.15, 0.2) is 0 Å². The zero-order valence-electron chi connectivity index (χ0n) is 14.9. The lowest BCUT2D eigenvalue weighted by Gasteiger charge is -2.27. The van der Waals surface area contributed by atoms with Gasteiger partial charge in [0.15, 0.2) is 0 Å². The van der Waals surface area contributed by atoms with Crippen molar-refractivity contribution in [2.75, 3.05) is 18.2 Å². The van der Waals surface area contributed by atoms with Crippen molar-refractivity contribution in [3.05, 3.63) is 0 Å². The van der Waals surface area contributed by atoms with Gasteiger partial charge in [-0.3, -0.25) is 14.4 Å². The minimum atomic E-state index is -0.961. The largest absolute Gasteiger partial charge is 0.481 e. The Balaban J connectivity index is 2.71. The lowest BCUT2D eigenvalue weighted by molar-refractivity contribution is -0.146. The molecule has 0 aromatic rings. The fraction of sp³-hybridized carbons (Fsp3) is 0.824. The molecule has 0 spiro atoms. The van der Waals surface area contributed by atoms with Gasteiger partial charge in [0, 0.05) is 18.2 Å². The number of aliphatic carboxylic acids is 1. The molecule has 1 fully saturated rings. The van der Waals surface area contributed by atoms with Crippen LogP contribution in [0.1, 0.15) is 52.9 Å². The fourth-order valence-corrected chi connectivity index (χ4v) is 3.86. The molecule has 0 bridgehead atoms. The molecule has 1 saturated heterocycles. The molecule has 0 aromatic heterocycles. The average Bonchev–Trinajstić information content (AvgIpc) is 3.00. The van der Waals surface area contributed by atoms with E-state index in [4.69, 9.17) is 5.11 Å². The van der Waals surface area contributed by atoms with E-state index < -0.39 is 17.9 Å². The van der Waals surface area contributed by atoms with Gasteiger partial charge in [0.1, 0.15) is 6.04 Å². The topological polar surface area (TPSA) is 86.7 Å². The molecule has 24 heavy (non-hydrogen) atoms. The Morgan fingerprint density at radius 1 is 1.29 bits per heavy atom. The summed E-state index contributed by atoms with van der Waals surface area (Å²) in [5, 5.41) is 12.0. The van der Waals surface area contributed by atoms with Crippen molar-refractivity contribution in [2.45, 2.75) is 58.9 Å². The SMILES string of the molecule is CCCCCC(CC(=O)O)C(=O)N1CSCC1C(=O)NCC(C)C. The summed E-state index contributed by atoms with van der Waals surface area (Å²) in [6.07, 6.45) is 3.25. The lowest BCUT2D eigenvalue weighted by Crippen LogP contribution is -2.49. The summed E-state index contributed by atoms with van der Waals surface area (Å²) in [5.74, 6) is -0.438. The number of nitrogens with zero attached hydrogens (tertiary/aromatic N) is 1. The Kier molecular flexibility index (Phi) is 9.18. The molecular weight excluding hydrogens is 328 g/mol. The minimum Gasteiger partial charge on any atom is -0.481 e. The van der Waals surface area contributed by atoms with E-state index in [0.717, 1.165) is 19.3 Å². The third-order valence-electron chi connectivity index (χ3n) is 4.08. The van der Waals surface area contributed by atoms with Gasteiger partial charge in [-0.05, 0) is 12.3 Å².